The second-order valence-corrected chi connectivity index (χ2v) is 14.5. The van der Waals surface area contributed by atoms with Gasteiger partial charge in [0.25, 0.3) is 0 Å². The Labute approximate surface area is 281 Å². The highest BCUT2D eigenvalue weighted by molar-refractivity contribution is 6.10. The second-order valence-electron chi connectivity index (χ2n) is 14.5. The van der Waals surface area contributed by atoms with E-state index in [1.54, 1.807) is 0 Å². The van der Waals surface area contributed by atoms with Crippen LogP contribution in [-0.4, -0.2) is 14.0 Å². The molecule has 0 bridgehead atoms. The zero-order valence-electron chi connectivity index (χ0n) is 27.5. The van der Waals surface area contributed by atoms with Gasteiger partial charge in [0.2, 0.25) is 0 Å². The van der Waals surface area contributed by atoms with Crippen molar-refractivity contribution in [3.05, 3.63) is 126 Å². The molecule has 48 heavy (non-hydrogen) atoms. The van der Waals surface area contributed by atoms with Gasteiger partial charge in [-0.1, -0.05) is 93.1 Å². The molecular formula is C45H41N3. The Balaban J connectivity index is 1.18. The van der Waals surface area contributed by atoms with Crippen LogP contribution in [0.3, 0.4) is 0 Å². The minimum atomic E-state index is 0.686. The van der Waals surface area contributed by atoms with Crippen molar-refractivity contribution in [3.63, 3.8) is 0 Å². The average Bonchev–Trinajstić information content (AvgIpc) is 3.71. The van der Waals surface area contributed by atoms with E-state index in [1.807, 2.05) is 0 Å². The van der Waals surface area contributed by atoms with Crippen molar-refractivity contribution in [2.75, 3.05) is 0 Å². The van der Waals surface area contributed by atoms with E-state index < -0.39 is 0 Å². The molecule has 3 aromatic heterocycles. The van der Waals surface area contributed by atoms with Crippen molar-refractivity contribution >= 4 is 49.3 Å². The Hall–Kier alpha value is -4.89. The van der Waals surface area contributed by atoms with Crippen molar-refractivity contribution in [3.8, 4) is 16.9 Å². The number of hydrogen-bond acceptors (Lipinski definition) is 1. The van der Waals surface area contributed by atoms with Gasteiger partial charge >= 0.3 is 0 Å². The highest BCUT2D eigenvalue weighted by atomic mass is 15.0. The molecule has 0 N–H and O–H groups in total. The zero-order valence-corrected chi connectivity index (χ0v) is 27.5. The van der Waals surface area contributed by atoms with Gasteiger partial charge in [0.05, 0.1) is 38.8 Å². The summed E-state index contributed by atoms with van der Waals surface area (Å²) in [6.45, 7) is 0. The third-order valence-electron chi connectivity index (χ3n) is 11.7. The summed E-state index contributed by atoms with van der Waals surface area (Å²) in [7, 11) is 0. The maximum Gasteiger partial charge on any atom is 0.0951 e. The van der Waals surface area contributed by atoms with Gasteiger partial charge in [0.1, 0.15) is 0 Å². The summed E-state index contributed by atoms with van der Waals surface area (Å²) in [6, 6.07) is 43.4. The molecule has 0 radical (unpaired) electrons. The number of para-hydroxylation sites is 3. The molecule has 8 aromatic rings. The predicted molar refractivity (Wildman–Crippen MR) is 202 cm³/mol. The van der Waals surface area contributed by atoms with Gasteiger partial charge in [-0.15, -0.1) is 0 Å². The van der Waals surface area contributed by atoms with Gasteiger partial charge in [-0.25, -0.2) is 4.98 Å². The van der Waals surface area contributed by atoms with E-state index in [9.17, 15) is 0 Å². The molecule has 2 saturated carbocycles. The van der Waals surface area contributed by atoms with Gasteiger partial charge < -0.3 is 8.97 Å². The zero-order chi connectivity index (χ0) is 31.6. The molecule has 0 amide bonds. The summed E-state index contributed by atoms with van der Waals surface area (Å²) in [5, 5.41) is 4.04. The van der Waals surface area contributed by atoms with Gasteiger partial charge in [0, 0.05) is 27.4 Å². The third-order valence-corrected chi connectivity index (χ3v) is 11.7. The van der Waals surface area contributed by atoms with E-state index in [0.29, 0.717) is 11.8 Å². The lowest BCUT2D eigenvalue weighted by Crippen LogP contribution is -2.04. The Morgan fingerprint density at radius 1 is 0.479 bits per heavy atom. The molecule has 0 aliphatic heterocycles. The fraction of sp³-hybridized carbons (Fsp3) is 0.267. The quantitative estimate of drug-likeness (QED) is 0.191. The largest absolute Gasteiger partial charge is 0.309 e. The molecule has 3 heteroatoms. The number of hydrogen-bond donors (Lipinski definition) is 0. The summed E-state index contributed by atoms with van der Waals surface area (Å²) in [6.07, 6.45) is 13.5. The van der Waals surface area contributed by atoms with Crippen LogP contribution in [0.25, 0.3) is 66.2 Å². The third kappa shape index (κ3) is 4.51. The standard InChI is InChI=1S/C45H41N3/c1-3-12-30(13-4-1)32-22-24-41-37(27-32)38-28-33(31-14-5-2-6-15-31)23-25-42(38)47(41)36-18-11-17-35(26-36)45-44-29-34-16-7-9-20-40(34)48(44)43-21-10-8-19-39(43)46-45/h7-11,16-31H,1-6,12-15H2. The number of rotatable bonds is 4. The summed E-state index contributed by atoms with van der Waals surface area (Å²) in [5.74, 6) is 1.37. The normalized spacial score (nSPS) is 16.6. The molecule has 0 unspecified atom stereocenters. The summed E-state index contributed by atoms with van der Waals surface area (Å²) >= 11 is 0. The Morgan fingerprint density at radius 2 is 1.10 bits per heavy atom. The van der Waals surface area contributed by atoms with Crippen LogP contribution in [0, 0.1) is 0 Å². The molecule has 0 saturated heterocycles. The summed E-state index contributed by atoms with van der Waals surface area (Å²) < 4.78 is 4.90. The van der Waals surface area contributed by atoms with E-state index in [2.05, 4.69) is 124 Å². The summed E-state index contributed by atoms with van der Waals surface area (Å²) in [5.41, 5.74) is 13.5. The first-order chi connectivity index (χ1) is 23.8. The molecule has 2 aliphatic rings. The topological polar surface area (TPSA) is 22.2 Å². The van der Waals surface area contributed by atoms with Crippen LogP contribution < -0.4 is 0 Å². The van der Waals surface area contributed by atoms with E-state index in [1.165, 1.54) is 114 Å². The van der Waals surface area contributed by atoms with Crippen molar-refractivity contribution in [1.82, 2.24) is 14.0 Å². The van der Waals surface area contributed by atoms with Crippen molar-refractivity contribution in [2.24, 2.45) is 0 Å². The molecule has 10 rings (SSSR count). The molecule has 3 heterocycles. The second kappa shape index (κ2) is 11.4. The minimum Gasteiger partial charge on any atom is -0.309 e. The van der Waals surface area contributed by atoms with Gasteiger partial charge in [-0.2, -0.15) is 0 Å². The molecule has 2 fully saturated rings. The number of aromatic nitrogens is 3. The SMILES string of the molecule is c1cc(-c2nc3ccccc3n3c2cc2ccccc23)cc(-n2c3ccc(C4CCCCC4)cc3c3cc(C4CCCCC4)ccc32)c1. The molecule has 2 aliphatic carbocycles. The first-order valence-corrected chi connectivity index (χ1v) is 18.3. The minimum absolute atomic E-state index is 0.686. The van der Waals surface area contributed by atoms with Crippen molar-refractivity contribution in [2.45, 2.75) is 76.0 Å². The van der Waals surface area contributed by atoms with Crippen LogP contribution in [0.2, 0.25) is 0 Å². The lowest BCUT2D eigenvalue weighted by Gasteiger charge is -2.22. The van der Waals surface area contributed by atoms with Crippen LogP contribution in [0.1, 0.15) is 87.2 Å². The van der Waals surface area contributed by atoms with Crippen molar-refractivity contribution in [1.29, 1.82) is 0 Å². The maximum absolute atomic E-state index is 5.31. The van der Waals surface area contributed by atoms with Crippen molar-refractivity contribution < 1.29 is 0 Å². The van der Waals surface area contributed by atoms with Crippen LogP contribution in [-0.2, 0) is 0 Å². The Morgan fingerprint density at radius 3 is 1.79 bits per heavy atom. The van der Waals surface area contributed by atoms with E-state index in [0.717, 1.165) is 27.8 Å². The fourth-order valence-corrected chi connectivity index (χ4v) is 9.24. The highest BCUT2D eigenvalue weighted by Crippen LogP contribution is 2.41. The number of nitrogens with zero attached hydrogens (tertiary/aromatic N) is 3. The van der Waals surface area contributed by atoms with E-state index in [-0.39, 0.29) is 0 Å². The van der Waals surface area contributed by atoms with Gasteiger partial charge in [-0.05, 0) is 109 Å². The van der Waals surface area contributed by atoms with Crippen LogP contribution >= 0.6 is 0 Å². The van der Waals surface area contributed by atoms with E-state index in [4.69, 9.17) is 4.98 Å². The predicted octanol–water partition coefficient (Wildman–Crippen LogP) is 12.5. The summed E-state index contributed by atoms with van der Waals surface area (Å²) in [4.78, 5) is 5.31. The average molecular weight is 624 g/mol. The molecule has 236 valence electrons. The molecule has 0 spiro atoms. The Kier molecular flexibility index (Phi) is 6.67. The van der Waals surface area contributed by atoms with Crippen LogP contribution in [0.4, 0.5) is 0 Å². The maximum atomic E-state index is 5.31. The molecule has 3 nitrogen and oxygen atoms in total. The highest BCUT2D eigenvalue weighted by Gasteiger charge is 2.22. The monoisotopic (exact) mass is 623 g/mol. The fourth-order valence-electron chi connectivity index (χ4n) is 9.24. The number of fused-ring (bicyclic) bond motifs is 8. The van der Waals surface area contributed by atoms with Gasteiger partial charge in [-0.3, -0.25) is 0 Å². The van der Waals surface area contributed by atoms with Gasteiger partial charge in [0.15, 0.2) is 0 Å². The van der Waals surface area contributed by atoms with E-state index >= 15 is 0 Å². The molecular weight excluding hydrogens is 583 g/mol. The first-order valence-electron chi connectivity index (χ1n) is 18.3. The van der Waals surface area contributed by atoms with Crippen LogP contribution in [0.5, 0.6) is 0 Å². The Bertz CT molecular complexity index is 2410. The molecule has 5 aromatic carbocycles. The molecule has 0 atom stereocenters. The first kappa shape index (κ1) is 28.2. The number of benzene rings is 5. The van der Waals surface area contributed by atoms with Crippen LogP contribution in [0.15, 0.2) is 115 Å². The lowest BCUT2D eigenvalue weighted by atomic mass is 9.83. The smallest absolute Gasteiger partial charge is 0.0951 e. The lowest BCUT2D eigenvalue weighted by molar-refractivity contribution is 0.444.